The van der Waals surface area contributed by atoms with Crippen LogP contribution in [-0.2, 0) is 46.2 Å². The lowest BCUT2D eigenvalue weighted by Gasteiger charge is -2.45. The fraction of sp³-hybridized carbons (Fsp3) is 0.660. The molecule has 2 aliphatic rings. The maximum absolute atomic E-state index is 15.3. The number of ether oxygens (including phenoxy) is 1. The number of nitrogens with zero attached hydrogens (tertiary/aromatic N) is 2. The molecule has 2 heterocycles. The van der Waals surface area contributed by atoms with Crippen molar-refractivity contribution in [2.45, 2.75) is 173 Å². The van der Waals surface area contributed by atoms with Crippen molar-refractivity contribution in [1.29, 1.82) is 0 Å². The maximum Gasteiger partial charge on any atom is 0.410 e. The third-order valence-electron chi connectivity index (χ3n) is 13.0. The number of hydrogen-bond donors (Lipinski definition) is 2. The Hall–Kier alpha value is -3.75. The summed E-state index contributed by atoms with van der Waals surface area (Å²) in [5.41, 5.74) is -0.0840. The topological polar surface area (TPSA) is 151 Å². The van der Waals surface area contributed by atoms with Crippen LogP contribution >= 0.6 is 0 Å². The molecule has 0 aliphatic carbocycles. The Morgan fingerprint density at radius 3 is 2.07 bits per heavy atom. The quantitative estimate of drug-likeness (QED) is 0.147. The summed E-state index contributed by atoms with van der Waals surface area (Å²) in [5.74, 6) is -1.17. The molecule has 2 saturated heterocycles. The van der Waals surface area contributed by atoms with Crippen molar-refractivity contribution in [3.63, 3.8) is 0 Å². The normalized spacial score (nSPS) is 22.1. The number of sulfone groups is 1. The van der Waals surface area contributed by atoms with Gasteiger partial charge in [0.15, 0.2) is 18.2 Å². The van der Waals surface area contributed by atoms with Gasteiger partial charge in [0.25, 0.3) is 0 Å². The second-order valence-corrected chi connectivity index (χ2v) is 27.0. The highest BCUT2D eigenvalue weighted by Crippen LogP contribution is 2.41. The van der Waals surface area contributed by atoms with E-state index < -0.39 is 64.9 Å². The Labute approximate surface area is 367 Å². The fourth-order valence-electron chi connectivity index (χ4n) is 8.52. The van der Waals surface area contributed by atoms with E-state index in [1.54, 1.807) is 25.7 Å². The molecule has 340 valence electrons. The minimum absolute atomic E-state index is 0.0198. The number of likely N-dealkylation sites (tertiary alicyclic amines) is 2. The molecule has 2 N–H and O–H groups in total. The van der Waals surface area contributed by atoms with E-state index in [4.69, 9.17) is 9.16 Å². The lowest BCUT2D eigenvalue weighted by atomic mass is 9.81. The van der Waals surface area contributed by atoms with Crippen LogP contribution in [0.25, 0.3) is 0 Å². The molecule has 0 saturated carbocycles. The second kappa shape index (κ2) is 20.2. The number of aryl methyl sites for hydroxylation is 1. The van der Waals surface area contributed by atoms with Gasteiger partial charge in [0.1, 0.15) is 17.2 Å². The van der Waals surface area contributed by atoms with Gasteiger partial charge in [0.2, 0.25) is 17.7 Å². The molecule has 2 aromatic rings. The summed E-state index contributed by atoms with van der Waals surface area (Å²) < 4.78 is 41.0. The van der Waals surface area contributed by atoms with Crippen molar-refractivity contribution in [1.82, 2.24) is 20.4 Å². The summed E-state index contributed by atoms with van der Waals surface area (Å²) in [4.78, 5) is 60.1. The molecule has 7 atom stereocenters. The van der Waals surface area contributed by atoms with Crippen LogP contribution in [0.15, 0.2) is 60.7 Å². The SMILES string of the molecule is CCCS(=O)(=O)[C@@H]1C[C@H]([C@@H](O[Si](C)(C)C(C)(C)C)[C@H](Cc2ccccc2)NC(=O)C(CCc2ccccc2)N2CCC(NC(C)=O)([C@H](C)CC)C2=O)N(C(=O)OC(C)(C)C)C1. The summed E-state index contributed by atoms with van der Waals surface area (Å²) in [5, 5.41) is 5.25. The van der Waals surface area contributed by atoms with Crippen LogP contribution in [0.5, 0.6) is 0 Å². The van der Waals surface area contributed by atoms with Crippen LogP contribution in [0.3, 0.4) is 0 Å². The van der Waals surface area contributed by atoms with Gasteiger partial charge in [-0.2, -0.15) is 0 Å². The molecule has 2 aromatic carbocycles. The molecule has 0 aromatic heterocycles. The molecule has 0 radical (unpaired) electrons. The van der Waals surface area contributed by atoms with Gasteiger partial charge in [-0.25, -0.2) is 13.2 Å². The number of amides is 4. The Balaban J connectivity index is 1.89. The van der Waals surface area contributed by atoms with E-state index >= 15 is 4.79 Å². The van der Waals surface area contributed by atoms with Gasteiger partial charge in [-0.3, -0.25) is 14.4 Å². The Morgan fingerprint density at radius 2 is 1.54 bits per heavy atom. The second-order valence-electron chi connectivity index (χ2n) is 19.8. The third-order valence-corrected chi connectivity index (χ3v) is 19.8. The van der Waals surface area contributed by atoms with Crippen LogP contribution in [-0.4, -0.2) is 110 Å². The zero-order chi connectivity index (χ0) is 45.6. The van der Waals surface area contributed by atoms with E-state index in [1.165, 1.54) is 11.8 Å². The van der Waals surface area contributed by atoms with E-state index in [-0.39, 0.29) is 53.9 Å². The molecule has 2 fully saturated rings. The minimum Gasteiger partial charge on any atom is -0.444 e. The van der Waals surface area contributed by atoms with E-state index in [9.17, 15) is 22.8 Å². The number of carbonyl (C=O) groups is 4. The molecule has 4 rings (SSSR count). The molecule has 12 nitrogen and oxygen atoms in total. The first-order valence-electron chi connectivity index (χ1n) is 22.2. The van der Waals surface area contributed by atoms with Crippen LogP contribution < -0.4 is 10.6 Å². The van der Waals surface area contributed by atoms with Crippen LogP contribution in [0.4, 0.5) is 4.79 Å². The highest BCUT2D eigenvalue weighted by atomic mass is 32.2. The molecule has 0 spiro atoms. The number of rotatable bonds is 18. The number of hydrogen-bond acceptors (Lipinski definition) is 8. The first kappa shape index (κ1) is 49.9. The third kappa shape index (κ3) is 12.5. The van der Waals surface area contributed by atoms with Crippen molar-refractivity contribution < 1.29 is 36.8 Å². The van der Waals surface area contributed by atoms with Gasteiger partial charge in [-0.1, -0.05) is 109 Å². The summed E-state index contributed by atoms with van der Waals surface area (Å²) in [7, 11) is -6.33. The predicted molar refractivity (Wildman–Crippen MR) is 244 cm³/mol. The molecule has 0 bridgehead atoms. The van der Waals surface area contributed by atoms with Gasteiger partial charge in [-0.05, 0) is 94.5 Å². The molecular formula is C47H74N4O8SSi. The maximum atomic E-state index is 15.3. The van der Waals surface area contributed by atoms with Crippen molar-refractivity contribution >= 4 is 42.0 Å². The van der Waals surface area contributed by atoms with E-state index in [0.717, 1.165) is 11.1 Å². The number of nitrogens with one attached hydrogen (secondary N) is 2. The first-order chi connectivity index (χ1) is 28.4. The highest BCUT2D eigenvalue weighted by Gasteiger charge is 2.55. The fourth-order valence-corrected chi connectivity index (χ4v) is 11.7. The number of benzene rings is 2. The van der Waals surface area contributed by atoms with Crippen molar-refractivity contribution in [3.8, 4) is 0 Å². The van der Waals surface area contributed by atoms with Crippen molar-refractivity contribution in [2.75, 3.05) is 18.8 Å². The average Bonchev–Trinajstić information content (AvgIpc) is 3.76. The van der Waals surface area contributed by atoms with Gasteiger partial charge in [0, 0.05) is 20.0 Å². The van der Waals surface area contributed by atoms with E-state index in [1.807, 2.05) is 81.4 Å². The van der Waals surface area contributed by atoms with Crippen molar-refractivity contribution in [2.24, 2.45) is 5.92 Å². The van der Waals surface area contributed by atoms with Gasteiger partial charge < -0.3 is 29.6 Å². The summed E-state index contributed by atoms with van der Waals surface area (Å²) >= 11 is 0. The summed E-state index contributed by atoms with van der Waals surface area (Å²) in [6, 6.07) is 17.1. The zero-order valence-corrected chi connectivity index (χ0v) is 40.7. The van der Waals surface area contributed by atoms with Gasteiger partial charge >= 0.3 is 6.09 Å². The molecule has 2 aliphatic heterocycles. The molecule has 61 heavy (non-hydrogen) atoms. The highest BCUT2D eigenvalue weighted by molar-refractivity contribution is 7.92. The zero-order valence-electron chi connectivity index (χ0n) is 38.9. The average molecular weight is 883 g/mol. The Kier molecular flexibility index (Phi) is 16.5. The first-order valence-corrected chi connectivity index (χ1v) is 26.8. The summed E-state index contributed by atoms with van der Waals surface area (Å²) in [6.07, 6.45) is 1.19. The smallest absolute Gasteiger partial charge is 0.410 e. The lowest BCUT2D eigenvalue weighted by Crippen LogP contribution is -2.63. The van der Waals surface area contributed by atoms with Crippen molar-refractivity contribution in [3.05, 3.63) is 71.8 Å². The molecular weight excluding hydrogens is 809 g/mol. The van der Waals surface area contributed by atoms with Crippen LogP contribution in [0.2, 0.25) is 18.1 Å². The van der Waals surface area contributed by atoms with E-state index in [0.29, 0.717) is 38.5 Å². The molecule has 4 amide bonds. The Morgan fingerprint density at radius 1 is 0.951 bits per heavy atom. The Bertz CT molecular complexity index is 1920. The number of carbonyl (C=O) groups excluding carboxylic acids is 4. The largest absolute Gasteiger partial charge is 0.444 e. The monoisotopic (exact) mass is 882 g/mol. The molecule has 2 unspecified atom stereocenters. The van der Waals surface area contributed by atoms with E-state index in [2.05, 4.69) is 44.5 Å². The standard InChI is InChI=1S/C47H74N4O8SSi/c1-13-29-60(56,57)37-31-40(51(32-37)44(55)58-45(5,6)7)41(59-61(11,12)46(8,9)10)38(30-36-23-19-16-20-24-36)48-42(53)39(26-25-35-21-17-15-18-22-35)50-28-27-47(43(50)54,33(3)14-2)49-34(4)52/h15-24,33,37-41H,13-14,25-32H2,1-12H3,(H,48,53)(H,49,52)/t33-,37-,38+,39?,40-,41+,47?/m1/s1. The predicted octanol–water partition coefficient (Wildman–Crippen LogP) is 7.46. The molecule has 14 heteroatoms. The van der Waals surface area contributed by atoms with Gasteiger partial charge in [-0.15, -0.1) is 0 Å². The minimum atomic E-state index is -3.61. The van der Waals surface area contributed by atoms with Gasteiger partial charge in [0.05, 0.1) is 29.2 Å². The summed E-state index contributed by atoms with van der Waals surface area (Å²) in [6.45, 7) is 23.3. The lowest BCUT2D eigenvalue weighted by molar-refractivity contribution is -0.144. The van der Waals surface area contributed by atoms with Crippen LogP contribution in [0, 0.1) is 5.92 Å². The van der Waals surface area contributed by atoms with Crippen LogP contribution in [0.1, 0.15) is 112 Å².